The number of rotatable bonds is 5. The van der Waals surface area contributed by atoms with E-state index in [1.165, 1.54) is 36.2 Å². The highest BCUT2D eigenvalue weighted by molar-refractivity contribution is 7.89. The zero-order chi connectivity index (χ0) is 18.1. The summed E-state index contributed by atoms with van der Waals surface area (Å²) in [6.45, 7) is -0.0406. The predicted molar refractivity (Wildman–Crippen MR) is 88.0 cm³/mol. The van der Waals surface area contributed by atoms with Crippen molar-refractivity contribution in [3.05, 3.63) is 62.9 Å². The SMILES string of the molecule is CN(Cc1c(F)cccc1Cl)c1ccc(S(N)(=O)=O)cc1[N+](=O)[O-]. The lowest BCUT2D eigenvalue weighted by Gasteiger charge is -2.20. The fourth-order valence-electron chi connectivity index (χ4n) is 2.15. The molecule has 2 rings (SSSR count). The topological polar surface area (TPSA) is 107 Å². The van der Waals surface area contributed by atoms with Gasteiger partial charge in [0.2, 0.25) is 10.0 Å². The van der Waals surface area contributed by atoms with Gasteiger partial charge in [0, 0.05) is 30.2 Å². The fourth-order valence-corrected chi connectivity index (χ4v) is 2.91. The minimum atomic E-state index is -4.08. The molecule has 10 heteroatoms. The smallest absolute Gasteiger partial charge is 0.293 e. The lowest BCUT2D eigenvalue weighted by atomic mass is 10.1. The molecule has 0 aromatic heterocycles. The van der Waals surface area contributed by atoms with Crippen molar-refractivity contribution < 1.29 is 17.7 Å². The van der Waals surface area contributed by atoms with Gasteiger partial charge in [0.1, 0.15) is 11.5 Å². The van der Waals surface area contributed by atoms with Gasteiger partial charge in [-0.25, -0.2) is 17.9 Å². The summed E-state index contributed by atoms with van der Waals surface area (Å²) in [5.41, 5.74) is -0.185. The normalized spacial score (nSPS) is 11.3. The zero-order valence-corrected chi connectivity index (χ0v) is 14.0. The lowest BCUT2D eigenvalue weighted by molar-refractivity contribution is -0.384. The van der Waals surface area contributed by atoms with Gasteiger partial charge in [-0.15, -0.1) is 0 Å². The van der Waals surface area contributed by atoms with Gasteiger partial charge in [0.15, 0.2) is 0 Å². The van der Waals surface area contributed by atoms with E-state index in [-0.39, 0.29) is 27.7 Å². The Balaban J connectivity index is 2.46. The highest BCUT2D eigenvalue weighted by atomic mass is 35.5. The van der Waals surface area contributed by atoms with Crippen molar-refractivity contribution in [2.24, 2.45) is 5.14 Å². The van der Waals surface area contributed by atoms with Crippen LogP contribution in [0.2, 0.25) is 5.02 Å². The van der Waals surface area contributed by atoms with Gasteiger partial charge in [-0.3, -0.25) is 10.1 Å². The van der Waals surface area contributed by atoms with Crippen LogP contribution in [0.4, 0.5) is 15.8 Å². The molecular weight excluding hydrogens is 361 g/mol. The lowest BCUT2D eigenvalue weighted by Crippen LogP contribution is -2.19. The van der Waals surface area contributed by atoms with Crippen molar-refractivity contribution in [3.63, 3.8) is 0 Å². The first-order chi connectivity index (χ1) is 11.1. The van der Waals surface area contributed by atoms with Crippen molar-refractivity contribution in [2.45, 2.75) is 11.4 Å². The van der Waals surface area contributed by atoms with E-state index in [2.05, 4.69) is 0 Å². The van der Waals surface area contributed by atoms with Crippen LogP contribution in [0, 0.1) is 15.9 Å². The molecule has 0 heterocycles. The molecule has 0 aliphatic rings. The number of hydrogen-bond donors (Lipinski definition) is 1. The third-order valence-electron chi connectivity index (χ3n) is 3.34. The zero-order valence-electron chi connectivity index (χ0n) is 12.4. The van der Waals surface area contributed by atoms with Gasteiger partial charge in [0.25, 0.3) is 5.69 Å². The van der Waals surface area contributed by atoms with Crippen LogP contribution < -0.4 is 10.0 Å². The van der Waals surface area contributed by atoms with Crippen LogP contribution in [0.15, 0.2) is 41.3 Å². The molecule has 0 radical (unpaired) electrons. The Labute approximate surface area is 142 Å². The Morgan fingerprint density at radius 1 is 1.33 bits per heavy atom. The number of halogens is 2. The maximum absolute atomic E-state index is 13.9. The molecule has 2 aromatic rings. The van der Waals surface area contributed by atoms with Crippen LogP contribution in [-0.2, 0) is 16.6 Å². The van der Waals surface area contributed by atoms with Crippen LogP contribution in [0.5, 0.6) is 0 Å². The second-order valence-corrected chi connectivity index (χ2v) is 6.98. The van der Waals surface area contributed by atoms with Crippen molar-refractivity contribution in [1.29, 1.82) is 0 Å². The van der Waals surface area contributed by atoms with E-state index < -0.39 is 26.5 Å². The van der Waals surface area contributed by atoms with Crippen molar-refractivity contribution in [3.8, 4) is 0 Å². The summed E-state index contributed by atoms with van der Waals surface area (Å²) in [5, 5.41) is 16.4. The largest absolute Gasteiger partial charge is 0.365 e. The van der Waals surface area contributed by atoms with Gasteiger partial charge in [0.05, 0.1) is 9.82 Å². The number of nitrogens with two attached hydrogens (primary N) is 1. The molecule has 0 unspecified atom stereocenters. The molecule has 0 saturated carbocycles. The molecule has 0 amide bonds. The molecule has 7 nitrogen and oxygen atoms in total. The van der Waals surface area contributed by atoms with Crippen LogP contribution in [0.1, 0.15) is 5.56 Å². The maximum atomic E-state index is 13.9. The summed E-state index contributed by atoms with van der Waals surface area (Å²) < 4.78 is 36.6. The van der Waals surface area contributed by atoms with Gasteiger partial charge < -0.3 is 4.90 Å². The van der Waals surface area contributed by atoms with E-state index in [0.717, 1.165) is 12.1 Å². The number of nitrogens with zero attached hydrogens (tertiary/aromatic N) is 2. The molecule has 0 aliphatic heterocycles. The highest BCUT2D eigenvalue weighted by Crippen LogP contribution is 2.32. The van der Waals surface area contributed by atoms with Crippen molar-refractivity contribution in [1.82, 2.24) is 0 Å². The molecule has 0 atom stereocenters. The number of anilines is 1. The molecule has 0 spiro atoms. The van der Waals surface area contributed by atoms with Crippen LogP contribution in [-0.4, -0.2) is 20.4 Å². The monoisotopic (exact) mass is 373 g/mol. The van der Waals surface area contributed by atoms with E-state index in [0.29, 0.717) is 0 Å². The van der Waals surface area contributed by atoms with Crippen LogP contribution in [0.3, 0.4) is 0 Å². The van der Waals surface area contributed by atoms with E-state index in [9.17, 15) is 22.9 Å². The third kappa shape index (κ3) is 3.81. The Bertz CT molecular complexity index is 885. The summed E-state index contributed by atoms with van der Waals surface area (Å²) in [7, 11) is -2.58. The first-order valence-corrected chi connectivity index (χ1v) is 8.49. The second kappa shape index (κ2) is 6.71. The standard InChI is InChI=1S/C14H13ClFN3O4S/c1-18(8-10-11(15)3-2-4-12(10)16)13-6-5-9(24(17,22)23)7-14(13)19(20)21/h2-7H,8H2,1H3,(H2,17,22,23). The summed E-state index contributed by atoms with van der Waals surface area (Å²) in [6, 6.07) is 7.44. The summed E-state index contributed by atoms with van der Waals surface area (Å²) >= 11 is 5.95. The Morgan fingerprint density at radius 3 is 2.54 bits per heavy atom. The van der Waals surface area contributed by atoms with Gasteiger partial charge in [-0.05, 0) is 24.3 Å². The average Bonchev–Trinajstić information content (AvgIpc) is 2.49. The number of primary sulfonamides is 1. The number of nitro groups is 1. The number of nitro benzene ring substituents is 1. The minimum Gasteiger partial charge on any atom is -0.365 e. The second-order valence-electron chi connectivity index (χ2n) is 5.01. The molecule has 128 valence electrons. The Morgan fingerprint density at radius 2 is 2.00 bits per heavy atom. The van der Waals surface area contributed by atoms with Crippen LogP contribution in [0.25, 0.3) is 0 Å². The number of benzene rings is 2. The first-order valence-electron chi connectivity index (χ1n) is 6.56. The Hall–Kier alpha value is -2.23. The van der Waals surface area contributed by atoms with E-state index in [1.54, 1.807) is 0 Å². The molecule has 2 N–H and O–H groups in total. The first kappa shape index (κ1) is 18.1. The van der Waals surface area contributed by atoms with E-state index in [4.69, 9.17) is 16.7 Å². The minimum absolute atomic E-state index is 0.0406. The molecule has 0 fully saturated rings. The molecule has 24 heavy (non-hydrogen) atoms. The summed E-state index contributed by atoms with van der Waals surface area (Å²) in [4.78, 5) is 11.5. The third-order valence-corrected chi connectivity index (χ3v) is 4.61. The molecule has 0 saturated heterocycles. The van der Waals surface area contributed by atoms with Crippen molar-refractivity contribution in [2.75, 3.05) is 11.9 Å². The van der Waals surface area contributed by atoms with Gasteiger partial charge in [-0.1, -0.05) is 17.7 Å². The fraction of sp³-hybridized carbons (Fsp3) is 0.143. The van der Waals surface area contributed by atoms with E-state index >= 15 is 0 Å². The quantitative estimate of drug-likeness (QED) is 0.640. The number of sulfonamides is 1. The Kier molecular flexibility index (Phi) is 5.07. The molecule has 2 aromatic carbocycles. The van der Waals surface area contributed by atoms with Gasteiger partial charge in [-0.2, -0.15) is 0 Å². The van der Waals surface area contributed by atoms with E-state index in [1.807, 2.05) is 0 Å². The van der Waals surface area contributed by atoms with Crippen LogP contribution >= 0.6 is 11.6 Å². The van der Waals surface area contributed by atoms with Gasteiger partial charge >= 0.3 is 0 Å². The molecule has 0 bridgehead atoms. The predicted octanol–water partition coefficient (Wildman–Crippen LogP) is 2.67. The highest BCUT2D eigenvalue weighted by Gasteiger charge is 2.22. The summed E-state index contributed by atoms with van der Waals surface area (Å²) in [6.07, 6.45) is 0. The molecular formula is C14H13ClFN3O4S. The molecule has 0 aliphatic carbocycles. The van der Waals surface area contributed by atoms with Crippen molar-refractivity contribution >= 4 is 33.0 Å². The summed E-state index contributed by atoms with van der Waals surface area (Å²) in [5.74, 6) is -0.543. The maximum Gasteiger partial charge on any atom is 0.293 e. The average molecular weight is 374 g/mol. The number of hydrogen-bond acceptors (Lipinski definition) is 5.